The molecule has 0 aromatic carbocycles. The lowest BCUT2D eigenvalue weighted by atomic mass is 10.2. The van der Waals surface area contributed by atoms with Crippen LogP contribution >= 0.6 is 0 Å². The van der Waals surface area contributed by atoms with Crippen molar-refractivity contribution in [3.63, 3.8) is 0 Å². The van der Waals surface area contributed by atoms with Gasteiger partial charge < -0.3 is 9.64 Å². The zero-order valence-electron chi connectivity index (χ0n) is 13.2. The van der Waals surface area contributed by atoms with E-state index in [1.807, 2.05) is 26.8 Å². The maximum atomic E-state index is 5.06. The molecule has 0 aliphatic carbocycles. The number of nitrogens with zero attached hydrogens (tertiary/aromatic N) is 1. The van der Waals surface area contributed by atoms with E-state index in [9.17, 15) is 0 Å². The van der Waals surface area contributed by atoms with Crippen molar-refractivity contribution in [1.29, 1.82) is 0 Å². The lowest BCUT2D eigenvalue weighted by Crippen LogP contribution is -2.24. The smallest absolute Gasteiger partial charge is 0.0642 e. The van der Waals surface area contributed by atoms with E-state index in [0.29, 0.717) is 6.61 Å². The molecular formula is C16H31NO. The van der Waals surface area contributed by atoms with Gasteiger partial charge in [0.15, 0.2) is 0 Å². The van der Waals surface area contributed by atoms with Crippen LogP contribution in [0.2, 0.25) is 0 Å². The Balaban J connectivity index is -0.000000506. The molecule has 0 aliphatic heterocycles. The van der Waals surface area contributed by atoms with E-state index in [1.54, 1.807) is 7.11 Å². The maximum absolute atomic E-state index is 5.06. The third kappa shape index (κ3) is 9.91. The summed E-state index contributed by atoms with van der Waals surface area (Å²) in [5.41, 5.74) is 3.37. The van der Waals surface area contributed by atoms with Crippen LogP contribution in [0.25, 0.3) is 0 Å². The first-order valence-electron chi connectivity index (χ1n) is 6.26. The van der Waals surface area contributed by atoms with Gasteiger partial charge in [-0.15, -0.1) is 13.2 Å². The predicted molar refractivity (Wildman–Crippen MR) is 84.6 cm³/mol. The SMILES string of the molecule is C=C.C=CC(=C(C)C)N(CCOC)C(=C)C.CC. The van der Waals surface area contributed by atoms with Gasteiger partial charge in [-0.05, 0) is 26.8 Å². The summed E-state index contributed by atoms with van der Waals surface area (Å²) in [5.74, 6) is 0. The van der Waals surface area contributed by atoms with Gasteiger partial charge in [0.05, 0.1) is 6.61 Å². The summed E-state index contributed by atoms with van der Waals surface area (Å²) in [6.07, 6.45) is 1.86. The van der Waals surface area contributed by atoms with E-state index in [-0.39, 0.29) is 0 Å². The largest absolute Gasteiger partial charge is 0.383 e. The monoisotopic (exact) mass is 253 g/mol. The first kappa shape index (κ1) is 21.9. The summed E-state index contributed by atoms with van der Waals surface area (Å²) in [6.45, 7) is 25.4. The molecule has 0 saturated heterocycles. The molecule has 0 aromatic heterocycles. The van der Waals surface area contributed by atoms with Crippen LogP contribution in [-0.4, -0.2) is 25.2 Å². The van der Waals surface area contributed by atoms with Crippen molar-refractivity contribution >= 4 is 0 Å². The van der Waals surface area contributed by atoms with E-state index in [1.165, 1.54) is 5.57 Å². The molecule has 0 fully saturated rings. The lowest BCUT2D eigenvalue weighted by Gasteiger charge is -2.26. The normalized spacial score (nSPS) is 7.89. The summed E-state index contributed by atoms with van der Waals surface area (Å²) < 4.78 is 5.06. The predicted octanol–water partition coefficient (Wildman–Crippen LogP) is 4.78. The van der Waals surface area contributed by atoms with Gasteiger partial charge in [0.25, 0.3) is 0 Å². The van der Waals surface area contributed by atoms with E-state index in [4.69, 9.17) is 4.74 Å². The van der Waals surface area contributed by atoms with Crippen molar-refractivity contribution in [2.45, 2.75) is 34.6 Å². The summed E-state index contributed by atoms with van der Waals surface area (Å²) in [5, 5.41) is 0. The average molecular weight is 253 g/mol. The van der Waals surface area contributed by atoms with Gasteiger partial charge in [0.1, 0.15) is 0 Å². The number of methoxy groups -OCH3 is 1. The van der Waals surface area contributed by atoms with Crippen LogP contribution in [-0.2, 0) is 4.74 Å². The van der Waals surface area contributed by atoms with Crippen molar-refractivity contribution in [3.05, 3.63) is 49.4 Å². The third-order valence-electron chi connectivity index (χ3n) is 1.98. The van der Waals surface area contributed by atoms with Crippen molar-refractivity contribution in [3.8, 4) is 0 Å². The van der Waals surface area contributed by atoms with Crippen LogP contribution in [0.5, 0.6) is 0 Å². The molecule has 0 spiro atoms. The van der Waals surface area contributed by atoms with Crippen LogP contribution in [0.3, 0.4) is 0 Å². The summed E-state index contributed by atoms with van der Waals surface area (Å²) >= 11 is 0. The Bertz CT molecular complexity index is 250. The van der Waals surface area contributed by atoms with Crippen molar-refractivity contribution in [1.82, 2.24) is 4.90 Å². The van der Waals surface area contributed by atoms with Crippen LogP contribution < -0.4 is 0 Å². The molecular weight excluding hydrogens is 222 g/mol. The fourth-order valence-corrected chi connectivity index (χ4v) is 1.28. The molecule has 0 aromatic rings. The molecule has 2 heteroatoms. The number of ether oxygens (including phenoxy) is 1. The molecule has 0 radical (unpaired) electrons. The Kier molecular flexibility index (Phi) is 19.2. The molecule has 0 rings (SSSR count). The topological polar surface area (TPSA) is 12.5 Å². The van der Waals surface area contributed by atoms with Gasteiger partial charge in [-0.2, -0.15) is 0 Å². The molecule has 0 aliphatic rings. The second-order valence-corrected chi connectivity index (χ2v) is 3.47. The van der Waals surface area contributed by atoms with E-state index in [0.717, 1.165) is 17.9 Å². The first-order chi connectivity index (χ1) is 8.54. The fourth-order valence-electron chi connectivity index (χ4n) is 1.28. The van der Waals surface area contributed by atoms with Crippen molar-refractivity contribution in [2.24, 2.45) is 0 Å². The highest BCUT2D eigenvalue weighted by molar-refractivity contribution is 5.24. The van der Waals surface area contributed by atoms with Gasteiger partial charge in [-0.3, -0.25) is 0 Å². The Morgan fingerprint density at radius 2 is 1.61 bits per heavy atom. The minimum absolute atomic E-state index is 0.692. The second kappa shape index (κ2) is 15.7. The molecule has 106 valence electrons. The Morgan fingerprint density at radius 3 is 1.83 bits per heavy atom. The molecule has 0 saturated carbocycles. The number of rotatable bonds is 6. The number of allylic oxidation sites excluding steroid dienone is 3. The molecule has 0 amide bonds. The van der Waals surface area contributed by atoms with Crippen LogP contribution in [0, 0.1) is 0 Å². The molecule has 0 bridgehead atoms. The quantitative estimate of drug-likeness (QED) is 0.499. The Morgan fingerprint density at radius 1 is 1.17 bits per heavy atom. The summed E-state index contributed by atoms with van der Waals surface area (Å²) in [6, 6.07) is 0. The molecule has 18 heavy (non-hydrogen) atoms. The molecule has 0 atom stereocenters. The summed E-state index contributed by atoms with van der Waals surface area (Å²) in [7, 11) is 1.70. The third-order valence-corrected chi connectivity index (χ3v) is 1.98. The highest BCUT2D eigenvalue weighted by Crippen LogP contribution is 2.15. The fraction of sp³-hybridized carbons (Fsp3) is 0.500. The van der Waals surface area contributed by atoms with Crippen LogP contribution in [0.15, 0.2) is 49.4 Å². The van der Waals surface area contributed by atoms with Gasteiger partial charge >= 0.3 is 0 Å². The van der Waals surface area contributed by atoms with E-state index >= 15 is 0 Å². The molecule has 0 heterocycles. The maximum Gasteiger partial charge on any atom is 0.0642 e. The van der Waals surface area contributed by atoms with Crippen molar-refractivity contribution < 1.29 is 4.74 Å². The second-order valence-electron chi connectivity index (χ2n) is 3.47. The average Bonchev–Trinajstić information content (AvgIpc) is 2.38. The molecule has 2 nitrogen and oxygen atoms in total. The van der Waals surface area contributed by atoms with Gasteiger partial charge in [0, 0.05) is 25.0 Å². The highest BCUT2D eigenvalue weighted by atomic mass is 16.5. The van der Waals surface area contributed by atoms with Crippen LogP contribution in [0.1, 0.15) is 34.6 Å². The van der Waals surface area contributed by atoms with Gasteiger partial charge in [0.2, 0.25) is 0 Å². The zero-order chi connectivity index (χ0) is 15.1. The van der Waals surface area contributed by atoms with E-state index in [2.05, 4.69) is 45.1 Å². The van der Waals surface area contributed by atoms with E-state index < -0.39 is 0 Å². The summed E-state index contributed by atoms with van der Waals surface area (Å²) in [4.78, 5) is 2.12. The number of hydrogen-bond acceptors (Lipinski definition) is 2. The zero-order valence-corrected chi connectivity index (χ0v) is 13.2. The van der Waals surface area contributed by atoms with Gasteiger partial charge in [-0.25, -0.2) is 0 Å². The molecule has 0 N–H and O–H groups in total. The minimum Gasteiger partial charge on any atom is -0.383 e. The Hall–Kier alpha value is -1.28. The highest BCUT2D eigenvalue weighted by Gasteiger charge is 2.08. The van der Waals surface area contributed by atoms with Crippen LogP contribution in [0.4, 0.5) is 0 Å². The minimum atomic E-state index is 0.692. The number of hydrogen-bond donors (Lipinski definition) is 0. The lowest BCUT2D eigenvalue weighted by molar-refractivity contribution is 0.176. The first-order valence-corrected chi connectivity index (χ1v) is 6.26. The molecule has 0 unspecified atom stereocenters. The Labute approximate surface area is 114 Å². The van der Waals surface area contributed by atoms with Gasteiger partial charge in [-0.1, -0.05) is 32.6 Å². The van der Waals surface area contributed by atoms with Crippen molar-refractivity contribution in [2.75, 3.05) is 20.3 Å². The standard InChI is InChI=1S/C12H21NO.C2H6.C2H4/c1-7-12(10(2)3)13(11(4)5)8-9-14-6;2*1-2/h7H,1,4,8-9H2,2-3,5-6H3;1-2H3;1-2H2.